The van der Waals surface area contributed by atoms with Gasteiger partial charge in [-0.05, 0) is 6.08 Å². The molecule has 0 saturated carbocycles. The second kappa shape index (κ2) is 6.00. The third-order valence-electron chi connectivity index (χ3n) is 2.67. The van der Waals surface area contributed by atoms with E-state index in [2.05, 4.69) is 5.32 Å². The summed E-state index contributed by atoms with van der Waals surface area (Å²) in [5.41, 5.74) is 5.82. The molecule has 5 N–H and O–H groups in total. The zero-order chi connectivity index (χ0) is 14.7. The van der Waals surface area contributed by atoms with Crippen LogP contribution in [-0.2, 0) is 14.3 Å². The highest BCUT2D eigenvalue weighted by molar-refractivity contribution is 5.83. The Balaban J connectivity index is 3.04. The first-order valence-electron chi connectivity index (χ1n) is 5.72. The summed E-state index contributed by atoms with van der Waals surface area (Å²) in [5.74, 6) is -0.989. The van der Waals surface area contributed by atoms with Crippen molar-refractivity contribution in [3.8, 4) is 0 Å². The number of amides is 2. The molecule has 0 unspecified atom stereocenters. The standard InChI is InChI=1S/C11H19N3O5/c1-5(15)13-8-6(12)4-7(11(17)18)19-9(8)10(16)14(2)3/h4,6,8-9,11,17-18H,12H2,1-3H3,(H,13,15)/t6-,8+,9+/m0/s1. The van der Waals surface area contributed by atoms with E-state index in [1.807, 2.05) is 0 Å². The summed E-state index contributed by atoms with van der Waals surface area (Å²) in [5, 5.41) is 20.7. The van der Waals surface area contributed by atoms with Crippen molar-refractivity contribution < 1.29 is 24.5 Å². The molecule has 2 amide bonds. The minimum atomic E-state index is -1.86. The molecule has 1 aliphatic heterocycles. The van der Waals surface area contributed by atoms with Crippen LogP contribution in [0.5, 0.6) is 0 Å². The molecule has 0 saturated heterocycles. The quantitative estimate of drug-likeness (QED) is 0.421. The molecule has 0 aromatic carbocycles. The van der Waals surface area contributed by atoms with Crippen LogP contribution < -0.4 is 11.1 Å². The van der Waals surface area contributed by atoms with Gasteiger partial charge in [0, 0.05) is 21.0 Å². The van der Waals surface area contributed by atoms with Crippen molar-refractivity contribution in [2.75, 3.05) is 14.1 Å². The molecule has 0 aliphatic carbocycles. The van der Waals surface area contributed by atoms with Crippen molar-refractivity contribution >= 4 is 11.8 Å². The predicted molar refractivity (Wildman–Crippen MR) is 65.5 cm³/mol. The van der Waals surface area contributed by atoms with Gasteiger partial charge in [-0.2, -0.15) is 0 Å². The number of nitrogens with one attached hydrogen (secondary N) is 1. The minimum absolute atomic E-state index is 0.200. The van der Waals surface area contributed by atoms with Gasteiger partial charge >= 0.3 is 0 Å². The summed E-state index contributed by atoms with van der Waals surface area (Å²) >= 11 is 0. The predicted octanol–water partition coefficient (Wildman–Crippen LogP) is -2.50. The fourth-order valence-corrected chi connectivity index (χ4v) is 1.77. The largest absolute Gasteiger partial charge is 0.478 e. The van der Waals surface area contributed by atoms with E-state index in [1.54, 1.807) is 0 Å². The average molecular weight is 273 g/mol. The van der Waals surface area contributed by atoms with E-state index in [4.69, 9.17) is 20.7 Å². The molecule has 1 aliphatic rings. The molecule has 1 rings (SSSR count). The number of nitrogens with two attached hydrogens (primary N) is 1. The van der Waals surface area contributed by atoms with Gasteiger partial charge in [0.25, 0.3) is 5.91 Å². The van der Waals surface area contributed by atoms with Crippen LogP contribution in [-0.4, -0.2) is 65.5 Å². The molecular weight excluding hydrogens is 254 g/mol. The van der Waals surface area contributed by atoms with Gasteiger partial charge in [-0.3, -0.25) is 9.59 Å². The third-order valence-corrected chi connectivity index (χ3v) is 2.67. The molecule has 108 valence electrons. The highest BCUT2D eigenvalue weighted by Gasteiger charge is 2.40. The van der Waals surface area contributed by atoms with Gasteiger partial charge in [0.15, 0.2) is 11.9 Å². The van der Waals surface area contributed by atoms with Crippen LogP contribution in [0.25, 0.3) is 0 Å². The normalized spacial score (nSPS) is 26.5. The zero-order valence-corrected chi connectivity index (χ0v) is 11.0. The van der Waals surface area contributed by atoms with E-state index in [-0.39, 0.29) is 11.7 Å². The van der Waals surface area contributed by atoms with Gasteiger partial charge in [0.2, 0.25) is 12.2 Å². The molecule has 0 spiro atoms. The van der Waals surface area contributed by atoms with Crippen LogP contribution in [0.1, 0.15) is 6.92 Å². The average Bonchev–Trinajstić information content (AvgIpc) is 2.29. The maximum Gasteiger partial charge on any atom is 0.265 e. The molecule has 0 bridgehead atoms. The molecule has 0 radical (unpaired) electrons. The number of carbonyl (C=O) groups excluding carboxylic acids is 2. The van der Waals surface area contributed by atoms with Crippen molar-refractivity contribution in [3.05, 3.63) is 11.8 Å². The lowest BCUT2D eigenvalue weighted by Gasteiger charge is -2.36. The monoisotopic (exact) mass is 273 g/mol. The molecule has 3 atom stereocenters. The smallest absolute Gasteiger partial charge is 0.265 e. The second-order valence-electron chi connectivity index (χ2n) is 4.52. The fraction of sp³-hybridized carbons (Fsp3) is 0.636. The molecule has 19 heavy (non-hydrogen) atoms. The number of rotatable bonds is 3. The summed E-state index contributed by atoms with van der Waals surface area (Å²) in [7, 11) is 3.05. The van der Waals surface area contributed by atoms with Crippen molar-refractivity contribution in [1.82, 2.24) is 10.2 Å². The van der Waals surface area contributed by atoms with E-state index in [9.17, 15) is 9.59 Å². The fourth-order valence-electron chi connectivity index (χ4n) is 1.77. The number of aliphatic hydroxyl groups excluding tert-OH is 1. The van der Waals surface area contributed by atoms with Gasteiger partial charge in [-0.25, -0.2) is 0 Å². The number of ether oxygens (including phenoxy) is 1. The summed E-state index contributed by atoms with van der Waals surface area (Å²) in [6, 6.07) is -1.53. The van der Waals surface area contributed by atoms with Crippen LogP contribution in [0.4, 0.5) is 0 Å². The molecule has 8 heteroatoms. The summed E-state index contributed by atoms with van der Waals surface area (Å²) in [4.78, 5) is 24.4. The maximum atomic E-state index is 12.0. The first-order valence-corrected chi connectivity index (χ1v) is 5.72. The lowest BCUT2D eigenvalue weighted by atomic mass is 9.98. The molecule has 1 heterocycles. The topological polar surface area (TPSA) is 125 Å². The highest BCUT2D eigenvalue weighted by Crippen LogP contribution is 2.20. The van der Waals surface area contributed by atoms with Gasteiger partial charge in [-0.15, -0.1) is 0 Å². The molecule has 0 aromatic heterocycles. The lowest BCUT2D eigenvalue weighted by Crippen LogP contribution is -2.60. The Kier molecular flexibility index (Phi) is 4.87. The third kappa shape index (κ3) is 3.66. The number of nitrogens with zero attached hydrogens (tertiary/aromatic N) is 1. The highest BCUT2D eigenvalue weighted by atomic mass is 16.6. The summed E-state index contributed by atoms with van der Waals surface area (Å²) < 4.78 is 5.23. The van der Waals surface area contributed by atoms with Crippen LogP contribution in [0, 0.1) is 0 Å². The van der Waals surface area contributed by atoms with Gasteiger partial charge in [-0.1, -0.05) is 0 Å². The van der Waals surface area contributed by atoms with Crippen LogP contribution in [0.2, 0.25) is 0 Å². The number of hydrogen-bond donors (Lipinski definition) is 4. The van der Waals surface area contributed by atoms with Crippen molar-refractivity contribution in [1.29, 1.82) is 0 Å². The van der Waals surface area contributed by atoms with E-state index < -0.39 is 30.4 Å². The minimum Gasteiger partial charge on any atom is -0.478 e. The maximum absolute atomic E-state index is 12.0. The number of likely N-dealkylation sites (N-methyl/N-ethyl adjacent to an activating group) is 1. The number of hydrogen-bond acceptors (Lipinski definition) is 6. The molecule has 0 fully saturated rings. The Labute approximate surface area is 110 Å². The van der Waals surface area contributed by atoms with Crippen LogP contribution in [0.15, 0.2) is 11.8 Å². The SMILES string of the molecule is CC(=O)N[C@@H]1[C@@H](N)C=C(C(O)O)O[C@H]1C(=O)N(C)C. The lowest BCUT2D eigenvalue weighted by molar-refractivity contribution is -0.147. The number of aliphatic hydroxyl groups is 2. The van der Waals surface area contributed by atoms with E-state index in [0.717, 1.165) is 0 Å². The van der Waals surface area contributed by atoms with Gasteiger partial charge < -0.3 is 30.9 Å². The van der Waals surface area contributed by atoms with Crippen LogP contribution in [0.3, 0.4) is 0 Å². The summed E-state index contributed by atoms with van der Waals surface area (Å²) in [6.45, 7) is 1.30. The Hall–Kier alpha value is -1.64. The number of carbonyl (C=O) groups is 2. The Bertz CT molecular complexity index is 394. The van der Waals surface area contributed by atoms with E-state index in [0.29, 0.717) is 0 Å². The van der Waals surface area contributed by atoms with E-state index in [1.165, 1.54) is 32.0 Å². The molecule has 8 nitrogen and oxygen atoms in total. The first-order chi connectivity index (χ1) is 8.73. The van der Waals surface area contributed by atoms with Crippen molar-refractivity contribution in [3.63, 3.8) is 0 Å². The van der Waals surface area contributed by atoms with Crippen molar-refractivity contribution in [2.45, 2.75) is 31.4 Å². The Morgan fingerprint density at radius 2 is 2.05 bits per heavy atom. The molecule has 0 aromatic rings. The van der Waals surface area contributed by atoms with Crippen LogP contribution >= 0.6 is 0 Å². The molecular formula is C11H19N3O5. The van der Waals surface area contributed by atoms with E-state index >= 15 is 0 Å². The van der Waals surface area contributed by atoms with Gasteiger partial charge in [0.05, 0.1) is 12.1 Å². The Morgan fingerprint density at radius 3 is 2.47 bits per heavy atom. The second-order valence-corrected chi connectivity index (χ2v) is 4.52. The summed E-state index contributed by atoms with van der Waals surface area (Å²) in [6.07, 6.45) is -1.69. The Morgan fingerprint density at radius 1 is 1.47 bits per heavy atom. The van der Waals surface area contributed by atoms with Crippen molar-refractivity contribution in [2.24, 2.45) is 5.73 Å². The van der Waals surface area contributed by atoms with Gasteiger partial charge in [0.1, 0.15) is 0 Å². The first kappa shape index (κ1) is 15.4. The zero-order valence-electron chi connectivity index (χ0n) is 11.0.